The molecule has 0 aliphatic rings. The molecule has 0 aliphatic carbocycles. The topological polar surface area (TPSA) is 71.3 Å². The van der Waals surface area contributed by atoms with Crippen LogP contribution in [0, 0.1) is 11.3 Å². The van der Waals surface area contributed by atoms with Gasteiger partial charge in [0.15, 0.2) is 0 Å². The summed E-state index contributed by atoms with van der Waals surface area (Å²) in [6.07, 6.45) is 1.51. The molecule has 0 aromatic heterocycles. The Morgan fingerprint density at radius 1 is 1.09 bits per heavy atom. The van der Waals surface area contributed by atoms with Crippen LogP contribution in [0.2, 0.25) is 5.02 Å². The van der Waals surface area contributed by atoms with E-state index in [-0.39, 0.29) is 5.57 Å². The van der Waals surface area contributed by atoms with Crippen LogP contribution in [-0.2, 0) is 11.4 Å². The summed E-state index contributed by atoms with van der Waals surface area (Å²) in [6, 6.07) is 19.9. The number of rotatable bonds is 8. The lowest BCUT2D eigenvalue weighted by Crippen LogP contribution is -2.13. The van der Waals surface area contributed by atoms with Crippen molar-refractivity contribution in [3.05, 3.63) is 91.3 Å². The number of carbonyl (C=O) groups excluding carboxylic acids is 1. The number of amides is 1. The highest BCUT2D eigenvalue weighted by atomic mass is 79.9. The number of nitrogens with zero attached hydrogens (tertiary/aromatic N) is 1. The van der Waals surface area contributed by atoms with Gasteiger partial charge in [0.1, 0.15) is 29.7 Å². The van der Waals surface area contributed by atoms with Gasteiger partial charge in [-0.15, -0.1) is 0 Å². The molecular weight excluding hydrogens is 572 g/mol. The first-order chi connectivity index (χ1) is 15.9. The van der Waals surface area contributed by atoms with Crippen LogP contribution in [0.4, 0.5) is 5.69 Å². The predicted molar refractivity (Wildman–Crippen MR) is 137 cm³/mol. The van der Waals surface area contributed by atoms with Crippen molar-refractivity contribution in [2.75, 3.05) is 11.9 Å². The van der Waals surface area contributed by atoms with E-state index in [1.54, 1.807) is 48.5 Å². The van der Waals surface area contributed by atoms with Crippen molar-refractivity contribution in [2.45, 2.75) is 13.5 Å². The number of ether oxygens (including phenoxy) is 2. The summed E-state index contributed by atoms with van der Waals surface area (Å²) in [5, 5.41) is 12.9. The Kier molecular flexibility index (Phi) is 8.95. The van der Waals surface area contributed by atoms with Gasteiger partial charge in [-0.25, -0.2) is 0 Å². The van der Waals surface area contributed by atoms with Crippen molar-refractivity contribution < 1.29 is 14.3 Å². The number of halogens is 3. The van der Waals surface area contributed by atoms with Crippen molar-refractivity contribution in [3.63, 3.8) is 0 Å². The molecule has 3 aromatic rings. The van der Waals surface area contributed by atoms with E-state index in [1.165, 1.54) is 6.08 Å². The van der Waals surface area contributed by atoms with Crippen LogP contribution < -0.4 is 14.8 Å². The van der Waals surface area contributed by atoms with Gasteiger partial charge in [-0.05, 0) is 92.4 Å². The summed E-state index contributed by atoms with van der Waals surface area (Å²) >= 11 is 12.9. The molecular formula is C25H19Br2ClN2O3. The molecule has 168 valence electrons. The quantitative estimate of drug-likeness (QED) is 0.219. The fourth-order valence-electron chi connectivity index (χ4n) is 2.88. The monoisotopic (exact) mass is 588 g/mol. The van der Waals surface area contributed by atoms with Gasteiger partial charge in [0.2, 0.25) is 0 Å². The molecule has 0 spiro atoms. The molecule has 0 atom stereocenters. The van der Waals surface area contributed by atoms with Gasteiger partial charge in [0.05, 0.1) is 15.6 Å². The molecule has 0 radical (unpaired) electrons. The standard InChI is InChI=1S/C25H19Br2ClN2O3/c1-2-32-21-5-3-4-20(13-21)30-25(31)18(14-29)10-17-11-22(26)24(23(27)12-17)33-15-16-6-8-19(28)9-7-16/h3-13H,2,15H2,1H3,(H,30,31)/b18-10-. The van der Waals surface area contributed by atoms with Crippen LogP contribution in [0.1, 0.15) is 18.1 Å². The van der Waals surface area contributed by atoms with E-state index < -0.39 is 5.91 Å². The maximum atomic E-state index is 12.6. The Morgan fingerprint density at radius 2 is 1.79 bits per heavy atom. The van der Waals surface area contributed by atoms with Crippen molar-refractivity contribution in [1.82, 2.24) is 0 Å². The number of hydrogen-bond donors (Lipinski definition) is 1. The number of anilines is 1. The third kappa shape index (κ3) is 7.10. The van der Waals surface area contributed by atoms with Crippen LogP contribution in [-0.4, -0.2) is 12.5 Å². The lowest BCUT2D eigenvalue weighted by atomic mass is 10.1. The molecule has 0 saturated heterocycles. The molecule has 0 bridgehead atoms. The smallest absolute Gasteiger partial charge is 0.266 e. The van der Waals surface area contributed by atoms with Gasteiger partial charge >= 0.3 is 0 Å². The molecule has 5 nitrogen and oxygen atoms in total. The van der Waals surface area contributed by atoms with E-state index in [1.807, 2.05) is 25.1 Å². The highest BCUT2D eigenvalue weighted by molar-refractivity contribution is 9.11. The number of hydrogen-bond acceptors (Lipinski definition) is 4. The van der Waals surface area contributed by atoms with Gasteiger partial charge in [-0.3, -0.25) is 4.79 Å². The minimum absolute atomic E-state index is 0.0366. The Morgan fingerprint density at radius 3 is 2.42 bits per heavy atom. The first-order valence-electron chi connectivity index (χ1n) is 9.92. The summed E-state index contributed by atoms with van der Waals surface area (Å²) in [4.78, 5) is 12.6. The number of nitriles is 1. The zero-order valence-electron chi connectivity index (χ0n) is 17.6. The fraction of sp³-hybridized carbons (Fsp3) is 0.120. The van der Waals surface area contributed by atoms with E-state index in [4.69, 9.17) is 21.1 Å². The lowest BCUT2D eigenvalue weighted by molar-refractivity contribution is -0.112. The molecule has 3 rings (SSSR count). The average Bonchev–Trinajstić information content (AvgIpc) is 2.78. The highest BCUT2D eigenvalue weighted by Crippen LogP contribution is 2.36. The molecule has 0 fully saturated rings. The number of nitrogens with one attached hydrogen (secondary N) is 1. The molecule has 3 aromatic carbocycles. The molecule has 1 amide bonds. The molecule has 33 heavy (non-hydrogen) atoms. The normalized spacial score (nSPS) is 10.9. The molecule has 0 saturated carbocycles. The number of carbonyl (C=O) groups is 1. The zero-order valence-corrected chi connectivity index (χ0v) is 21.5. The number of benzene rings is 3. The van der Waals surface area contributed by atoms with Crippen molar-refractivity contribution in [2.24, 2.45) is 0 Å². The van der Waals surface area contributed by atoms with E-state index in [9.17, 15) is 10.1 Å². The van der Waals surface area contributed by atoms with Crippen molar-refractivity contribution in [1.29, 1.82) is 5.26 Å². The minimum atomic E-state index is -0.513. The van der Waals surface area contributed by atoms with Gasteiger partial charge in [0, 0.05) is 16.8 Å². The molecule has 0 heterocycles. The van der Waals surface area contributed by atoms with Crippen molar-refractivity contribution >= 4 is 61.1 Å². The largest absolute Gasteiger partial charge is 0.494 e. The van der Waals surface area contributed by atoms with E-state index in [0.29, 0.717) is 49.9 Å². The Labute approximate surface area is 214 Å². The van der Waals surface area contributed by atoms with E-state index in [2.05, 4.69) is 37.2 Å². The Balaban J connectivity index is 1.75. The van der Waals surface area contributed by atoms with Gasteiger partial charge in [-0.2, -0.15) is 5.26 Å². The second-order valence-electron chi connectivity index (χ2n) is 6.81. The van der Waals surface area contributed by atoms with Gasteiger partial charge in [-0.1, -0.05) is 29.8 Å². The molecule has 0 aliphatic heterocycles. The van der Waals surface area contributed by atoms with Crippen LogP contribution in [0.5, 0.6) is 11.5 Å². The first kappa shape index (κ1) is 24.8. The van der Waals surface area contributed by atoms with Crippen molar-refractivity contribution in [3.8, 4) is 17.6 Å². The van der Waals surface area contributed by atoms with Crippen LogP contribution in [0.25, 0.3) is 6.08 Å². The van der Waals surface area contributed by atoms with E-state index in [0.717, 1.165) is 5.56 Å². The summed E-state index contributed by atoms with van der Waals surface area (Å²) in [5.41, 5.74) is 2.13. The van der Waals surface area contributed by atoms with E-state index >= 15 is 0 Å². The van der Waals surface area contributed by atoms with Gasteiger partial charge in [0.25, 0.3) is 5.91 Å². The molecule has 8 heteroatoms. The summed E-state index contributed by atoms with van der Waals surface area (Å²) < 4.78 is 12.7. The second-order valence-corrected chi connectivity index (χ2v) is 8.96. The molecule has 1 N–H and O–H groups in total. The third-order valence-electron chi connectivity index (χ3n) is 4.40. The zero-order chi connectivity index (χ0) is 23.8. The Hall–Kier alpha value is -2.79. The SMILES string of the molecule is CCOc1cccc(NC(=O)/C(C#N)=C\c2cc(Br)c(OCc3ccc(Cl)cc3)c(Br)c2)c1. The van der Waals surface area contributed by atoms with Crippen LogP contribution >= 0.6 is 43.5 Å². The first-order valence-corrected chi connectivity index (χ1v) is 11.9. The summed E-state index contributed by atoms with van der Waals surface area (Å²) in [7, 11) is 0. The third-order valence-corrected chi connectivity index (χ3v) is 5.83. The average molecular weight is 591 g/mol. The summed E-state index contributed by atoms with van der Waals surface area (Å²) in [5.74, 6) is 0.735. The minimum Gasteiger partial charge on any atom is -0.494 e. The maximum absolute atomic E-state index is 12.6. The maximum Gasteiger partial charge on any atom is 0.266 e. The van der Waals surface area contributed by atoms with Gasteiger partial charge < -0.3 is 14.8 Å². The molecule has 0 unspecified atom stereocenters. The van der Waals surface area contributed by atoms with Crippen LogP contribution in [0.3, 0.4) is 0 Å². The lowest BCUT2D eigenvalue weighted by Gasteiger charge is -2.12. The highest BCUT2D eigenvalue weighted by Gasteiger charge is 2.13. The van der Waals surface area contributed by atoms with Crippen LogP contribution in [0.15, 0.2) is 75.2 Å². The predicted octanol–water partition coefficient (Wildman–Crippen LogP) is 7.39. The fourth-order valence-corrected chi connectivity index (χ4v) is 4.46. The summed E-state index contributed by atoms with van der Waals surface area (Å²) in [6.45, 7) is 2.76. The second kappa shape index (κ2) is 11.9. The Bertz CT molecular complexity index is 1200.